The number of benzene rings is 1. The Bertz CT molecular complexity index is 1180. The van der Waals surface area contributed by atoms with E-state index in [1.807, 2.05) is 41.9 Å². The van der Waals surface area contributed by atoms with E-state index < -0.39 is 24.1 Å². The summed E-state index contributed by atoms with van der Waals surface area (Å²) in [6.07, 6.45) is 1.76. The van der Waals surface area contributed by atoms with Gasteiger partial charge in [0.2, 0.25) is 12.7 Å². The molecule has 2 aromatic heterocycles. The summed E-state index contributed by atoms with van der Waals surface area (Å²) in [4.78, 5) is 42.4. The average molecular weight is 558 g/mol. The van der Waals surface area contributed by atoms with E-state index in [9.17, 15) is 19.5 Å². The molecule has 0 saturated heterocycles. The van der Waals surface area contributed by atoms with Crippen LogP contribution in [0.3, 0.4) is 0 Å². The van der Waals surface area contributed by atoms with Crippen LogP contribution in [0, 0.1) is 0 Å². The van der Waals surface area contributed by atoms with Crippen LogP contribution in [0.15, 0.2) is 53.2 Å². The van der Waals surface area contributed by atoms with Crippen molar-refractivity contribution in [3.63, 3.8) is 0 Å². The highest BCUT2D eigenvalue weighted by Crippen LogP contribution is 2.34. The molecule has 2 atom stereocenters. The number of nitrogens with zero attached hydrogens (tertiary/aromatic N) is 1. The van der Waals surface area contributed by atoms with Crippen LogP contribution < -0.4 is 20.1 Å². The summed E-state index contributed by atoms with van der Waals surface area (Å²) in [7, 11) is 0. The number of unbranched alkanes of at least 4 members (excludes halogenated alkanes) is 1. The average Bonchev–Trinajstić information content (AvgIpc) is 3.68. The number of nitrogens with one attached hydrogen (secondary N) is 2. The zero-order valence-corrected chi connectivity index (χ0v) is 22.7. The van der Waals surface area contributed by atoms with Crippen LogP contribution in [0.4, 0.5) is 4.79 Å². The molecular formula is C27H31N3O6S2. The second-order valence-corrected chi connectivity index (χ2v) is 11.0. The fourth-order valence-electron chi connectivity index (χ4n) is 4.19. The summed E-state index contributed by atoms with van der Waals surface area (Å²) >= 11 is 3.16. The summed E-state index contributed by atoms with van der Waals surface area (Å²) in [6, 6.07) is 10.8. The van der Waals surface area contributed by atoms with Gasteiger partial charge in [-0.25, -0.2) is 4.79 Å². The standard InChI is InChI=1S/C27H31N3O6S2/c1-2-3-8-21(26(33)30(15-19-6-4-11-37-19)16-20-7-5-12-38-20)28-27(34)29-22(14-25(31)32)18-9-10-23-24(13-18)36-17-35-23/h4-7,9-13,21-22H,2-3,8,14-17H2,1H3,(H,31,32)(H2,28,29,34)/t21-,22+/m1/s1. The minimum atomic E-state index is -1.07. The first-order valence-corrected chi connectivity index (χ1v) is 14.2. The zero-order chi connectivity index (χ0) is 26.9. The van der Waals surface area contributed by atoms with Gasteiger partial charge >= 0.3 is 12.0 Å². The lowest BCUT2D eigenvalue weighted by Gasteiger charge is -2.28. The number of rotatable bonds is 13. The van der Waals surface area contributed by atoms with Gasteiger partial charge in [0.05, 0.1) is 25.6 Å². The number of hydrogen-bond acceptors (Lipinski definition) is 7. The maximum absolute atomic E-state index is 13.8. The van der Waals surface area contributed by atoms with E-state index in [2.05, 4.69) is 10.6 Å². The lowest BCUT2D eigenvalue weighted by molar-refractivity contribution is -0.137. The van der Waals surface area contributed by atoms with Crippen LogP contribution in [-0.4, -0.2) is 40.7 Å². The first-order valence-electron chi connectivity index (χ1n) is 12.4. The van der Waals surface area contributed by atoms with Crippen LogP contribution in [0.25, 0.3) is 0 Å². The summed E-state index contributed by atoms with van der Waals surface area (Å²) in [5.41, 5.74) is 0.570. The molecule has 11 heteroatoms. The lowest BCUT2D eigenvalue weighted by Crippen LogP contribution is -2.51. The molecule has 0 unspecified atom stereocenters. The van der Waals surface area contributed by atoms with Gasteiger partial charge < -0.3 is 30.1 Å². The van der Waals surface area contributed by atoms with E-state index in [-0.39, 0.29) is 19.1 Å². The maximum Gasteiger partial charge on any atom is 0.315 e. The molecular weight excluding hydrogens is 526 g/mol. The molecule has 0 fully saturated rings. The Labute approximate surface area is 229 Å². The molecule has 0 aliphatic carbocycles. The minimum Gasteiger partial charge on any atom is -0.481 e. The number of carboxylic acid groups (broad SMARTS) is 1. The van der Waals surface area contributed by atoms with Crippen molar-refractivity contribution in [1.82, 2.24) is 15.5 Å². The molecule has 38 heavy (non-hydrogen) atoms. The molecule has 3 aromatic rings. The molecule has 202 valence electrons. The van der Waals surface area contributed by atoms with Crippen LogP contribution in [0.2, 0.25) is 0 Å². The molecule has 9 nitrogen and oxygen atoms in total. The number of carbonyl (C=O) groups is 3. The van der Waals surface area contributed by atoms with Crippen molar-refractivity contribution < 1.29 is 29.0 Å². The van der Waals surface area contributed by atoms with E-state index in [1.165, 1.54) is 0 Å². The quantitative estimate of drug-likeness (QED) is 0.268. The SMILES string of the molecule is CCCC[C@@H](NC(=O)N[C@@H](CC(=O)O)c1ccc2c(c1)OCO2)C(=O)N(Cc1cccs1)Cc1cccs1. The van der Waals surface area contributed by atoms with Gasteiger partial charge in [0.15, 0.2) is 11.5 Å². The number of fused-ring (bicyclic) bond motifs is 1. The zero-order valence-electron chi connectivity index (χ0n) is 21.1. The number of urea groups is 1. The number of thiophene rings is 2. The maximum atomic E-state index is 13.8. The third-order valence-corrected chi connectivity index (χ3v) is 7.82. The third kappa shape index (κ3) is 7.48. The van der Waals surface area contributed by atoms with Gasteiger partial charge in [0, 0.05) is 9.75 Å². The predicted molar refractivity (Wildman–Crippen MR) is 145 cm³/mol. The Morgan fingerprint density at radius 3 is 2.29 bits per heavy atom. The normalized spacial score (nSPS) is 13.5. The van der Waals surface area contributed by atoms with E-state index >= 15 is 0 Å². The number of carbonyl (C=O) groups excluding carboxylic acids is 2. The molecule has 0 radical (unpaired) electrons. The van der Waals surface area contributed by atoms with Crippen LogP contribution in [0.1, 0.15) is 54.0 Å². The van der Waals surface area contributed by atoms with Gasteiger partial charge in [0.1, 0.15) is 6.04 Å². The van der Waals surface area contributed by atoms with Crippen LogP contribution in [-0.2, 0) is 22.7 Å². The molecule has 4 rings (SSSR count). The van der Waals surface area contributed by atoms with Crippen molar-refractivity contribution in [3.8, 4) is 11.5 Å². The summed E-state index contributed by atoms with van der Waals surface area (Å²) < 4.78 is 10.7. The summed E-state index contributed by atoms with van der Waals surface area (Å²) in [5, 5.41) is 19.0. The summed E-state index contributed by atoms with van der Waals surface area (Å²) in [5.74, 6) is -0.180. The monoisotopic (exact) mass is 557 g/mol. The Morgan fingerprint density at radius 1 is 1.00 bits per heavy atom. The van der Waals surface area contributed by atoms with Crippen molar-refractivity contribution in [2.45, 2.75) is 57.8 Å². The highest BCUT2D eigenvalue weighted by Gasteiger charge is 2.28. The second kappa shape index (κ2) is 13.3. The fourth-order valence-corrected chi connectivity index (χ4v) is 5.63. The number of aliphatic carboxylic acids is 1. The minimum absolute atomic E-state index is 0.0883. The van der Waals surface area contributed by atoms with Gasteiger partial charge in [-0.15, -0.1) is 22.7 Å². The van der Waals surface area contributed by atoms with Crippen LogP contribution >= 0.6 is 22.7 Å². The molecule has 0 saturated carbocycles. The van der Waals surface area contributed by atoms with Crippen LogP contribution in [0.5, 0.6) is 11.5 Å². The number of ether oxygens (including phenoxy) is 2. The Balaban J connectivity index is 1.49. The van der Waals surface area contributed by atoms with Crippen molar-refractivity contribution in [3.05, 3.63) is 68.5 Å². The Hall–Kier alpha value is -3.57. The number of carboxylic acids is 1. The molecule has 3 N–H and O–H groups in total. The number of hydrogen-bond donors (Lipinski definition) is 3. The largest absolute Gasteiger partial charge is 0.481 e. The molecule has 3 heterocycles. The van der Waals surface area contributed by atoms with Gasteiger partial charge in [-0.3, -0.25) is 9.59 Å². The Morgan fingerprint density at radius 2 is 1.68 bits per heavy atom. The first kappa shape index (κ1) is 27.5. The van der Waals surface area contributed by atoms with E-state index in [4.69, 9.17) is 9.47 Å². The molecule has 1 aromatic carbocycles. The van der Waals surface area contributed by atoms with Crippen molar-refractivity contribution in [1.29, 1.82) is 0 Å². The molecule has 1 aliphatic heterocycles. The van der Waals surface area contributed by atoms with Gasteiger partial charge in [-0.1, -0.05) is 38.0 Å². The van der Waals surface area contributed by atoms with E-state index in [0.717, 1.165) is 22.6 Å². The smallest absolute Gasteiger partial charge is 0.315 e. The molecule has 0 bridgehead atoms. The second-order valence-electron chi connectivity index (χ2n) is 8.93. The lowest BCUT2D eigenvalue weighted by atomic mass is 10.0. The van der Waals surface area contributed by atoms with E-state index in [0.29, 0.717) is 36.6 Å². The van der Waals surface area contributed by atoms with E-state index in [1.54, 1.807) is 45.8 Å². The molecule has 1 aliphatic rings. The van der Waals surface area contributed by atoms with Crippen molar-refractivity contribution >= 4 is 40.6 Å². The molecule has 3 amide bonds. The van der Waals surface area contributed by atoms with Crippen molar-refractivity contribution in [2.24, 2.45) is 0 Å². The highest BCUT2D eigenvalue weighted by atomic mass is 32.1. The molecule has 0 spiro atoms. The highest BCUT2D eigenvalue weighted by molar-refractivity contribution is 7.10. The van der Waals surface area contributed by atoms with Gasteiger partial charge in [0.25, 0.3) is 0 Å². The predicted octanol–water partition coefficient (Wildman–Crippen LogP) is 5.14. The first-order chi connectivity index (χ1) is 18.4. The topological polar surface area (TPSA) is 117 Å². The van der Waals surface area contributed by atoms with Gasteiger partial charge in [-0.05, 0) is 47.0 Å². The summed E-state index contributed by atoms with van der Waals surface area (Å²) in [6.45, 7) is 3.00. The Kier molecular flexibility index (Phi) is 9.61. The van der Waals surface area contributed by atoms with Crippen molar-refractivity contribution in [2.75, 3.05) is 6.79 Å². The third-order valence-electron chi connectivity index (χ3n) is 6.10. The fraction of sp³-hybridized carbons (Fsp3) is 0.370. The van der Waals surface area contributed by atoms with Gasteiger partial charge in [-0.2, -0.15) is 0 Å². The number of amides is 3.